The van der Waals surface area contributed by atoms with Gasteiger partial charge in [-0.05, 0) is 49.8 Å². The molecule has 3 aliphatic rings. The van der Waals surface area contributed by atoms with E-state index >= 15 is 0 Å². The predicted octanol–water partition coefficient (Wildman–Crippen LogP) is 2.92. The molecule has 0 bridgehead atoms. The molecule has 0 radical (unpaired) electrons. The van der Waals surface area contributed by atoms with Crippen molar-refractivity contribution >= 4 is 34.8 Å². The first kappa shape index (κ1) is 22.5. The van der Waals surface area contributed by atoms with Gasteiger partial charge >= 0.3 is 5.97 Å². The maximum atomic E-state index is 12.1. The Labute approximate surface area is 199 Å². The standard InChI is InChI=1S/C26H31N5O3/c1-16(32)31-13-10-18-15-30(12-11-21(18)31)22-14-20(26(33)34)29-25(28-19-8-3-2-4-9-19)23(22)24(27)17-6-5-7-17/h2-4,8-9,14,17-18,21,27H,5-7,10-13,15H2,1H3,(H,28,29)(H,33,34)/p+1/t18-,21+/m1/s1. The summed E-state index contributed by atoms with van der Waals surface area (Å²) in [6.07, 6.45) is 4.90. The Morgan fingerprint density at radius 2 is 1.88 bits per heavy atom. The monoisotopic (exact) mass is 462 g/mol. The number of nitrogens with zero attached hydrogens (tertiary/aromatic N) is 3. The molecule has 2 aromatic rings. The van der Waals surface area contributed by atoms with E-state index in [-0.39, 0.29) is 23.6 Å². The van der Waals surface area contributed by atoms with Gasteiger partial charge in [0.15, 0.2) is 5.69 Å². The number of quaternary nitrogens is 1. The highest BCUT2D eigenvalue weighted by Gasteiger charge is 2.41. The lowest BCUT2D eigenvalue weighted by molar-refractivity contribution is -0.483. The van der Waals surface area contributed by atoms with Crippen LogP contribution in [0.2, 0.25) is 0 Å². The van der Waals surface area contributed by atoms with E-state index < -0.39 is 5.97 Å². The van der Waals surface area contributed by atoms with Crippen molar-refractivity contribution in [3.63, 3.8) is 0 Å². The first-order valence-corrected chi connectivity index (χ1v) is 12.2. The van der Waals surface area contributed by atoms with E-state index in [2.05, 4.69) is 9.88 Å². The number of carbonyl (C=O) groups is 2. The van der Waals surface area contributed by atoms with E-state index in [0.717, 1.165) is 68.7 Å². The molecule has 0 spiro atoms. The molecule has 3 fully saturated rings. The summed E-state index contributed by atoms with van der Waals surface area (Å²) < 4.78 is 0. The van der Waals surface area contributed by atoms with Crippen molar-refractivity contribution in [1.82, 2.24) is 9.88 Å². The van der Waals surface area contributed by atoms with Gasteiger partial charge in [0.1, 0.15) is 11.3 Å². The van der Waals surface area contributed by atoms with Crippen molar-refractivity contribution < 1.29 is 20.0 Å². The molecule has 4 N–H and O–H groups in total. The van der Waals surface area contributed by atoms with Gasteiger partial charge in [0, 0.05) is 38.5 Å². The number of nitrogens with two attached hydrogens (primary N) is 1. The third-order valence-electron chi connectivity index (χ3n) is 7.71. The van der Waals surface area contributed by atoms with Gasteiger partial charge in [0.05, 0.1) is 11.4 Å². The number of likely N-dealkylation sites (tertiary alicyclic amines) is 1. The lowest BCUT2D eigenvalue weighted by Crippen LogP contribution is -2.72. The molecule has 0 unspecified atom stereocenters. The maximum Gasteiger partial charge on any atom is 0.354 e. The van der Waals surface area contributed by atoms with Crippen LogP contribution in [0.15, 0.2) is 36.4 Å². The number of hydrogen-bond donors (Lipinski definition) is 3. The number of aromatic nitrogens is 1. The van der Waals surface area contributed by atoms with Crippen LogP contribution in [0, 0.1) is 17.2 Å². The van der Waals surface area contributed by atoms with Crippen LogP contribution >= 0.6 is 0 Å². The zero-order valence-electron chi connectivity index (χ0n) is 19.5. The molecule has 1 aromatic carbocycles. The van der Waals surface area contributed by atoms with Crippen LogP contribution in [-0.4, -0.2) is 58.3 Å². The summed E-state index contributed by atoms with van der Waals surface area (Å²) in [5.41, 5.74) is 3.05. The average molecular weight is 463 g/mol. The summed E-state index contributed by atoms with van der Waals surface area (Å²) in [6, 6.07) is 11.7. The number of benzene rings is 1. The molecule has 1 aliphatic carbocycles. The molecular formula is C26H32N5O3+. The number of carbonyl (C=O) groups excluding carboxylic acids is 1. The van der Waals surface area contributed by atoms with Crippen molar-refractivity contribution in [3.8, 4) is 0 Å². The molecule has 3 heterocycles. The summed E-state index contributed by atoms with van der Waals surface area (Å²) in [5.74, 6) is 0.161. The van der Waals surface area contributed by atoms with Gasteiger partial charge in [-0.15, -0.1) is 0 Å². The van der Waals surface area contributed by atoms with Gasteiger partial charge in [0.25, 0.3) is 0 Å². The molecule has 8 heteroatoms. The number of fused-ring (bicyclic) bond motifs is 1. The topological polar surface area (TPSA) is 114 Å². The number of hydrogen-bond acceptors (Lipinski definition) is 5. The van der Waals surface area contributed by atoms with Crippen molar-refractivity contribution in [2.75, 3.05) is 24.5 Å². The molecular weight excluding hydrogens is 430 g/mol. The summed E-state index contributed by atoms with van der Waals surface area (Å²) in [4.78, 5) is 32.8. The second-order valence-electron chi connectivity index (χ2n) is 9.75. The van der Waals surface area contributed by atoms with Crippen LogP contribution in [0.5, 0.6) is 0 Å². The quantitative estimate of drug-likeness (QED) is 0.451. The molecule has 5 rings (SSSR count). The number of carboxylic acids is 1. The van der Waals surface area contributed by atoms with Crippen LogP contribution < -0.4 is 10.2 Å². The lowest BCUT2D eigenvalue weighted by Gasteiger charge is -2.40. The number of aromatic carboxylic acids is 1. The van der Waals surface area contributed by atoms with Gasteiger partial charge in [-0.2, -0.15) is 4.98 Å². The Hall–Kier alpha value is -3.26. The fraction of sp³-hybridized carbons (Fsp3) is 0.462. The van der Waals surface area contributed by atoms with Gasteiger partial charge in [0.2, 0.25) is 11.7 Å². The highest BCUT2D eigenvalue weighted by molar-refractivity contribution is 6.08. The smallest absolute Gasteiger partial charge is 0.354 e. The predicted molar refractivity (Wildman–Crippen MR) is 129 cm³/mol. The van der Waals surface area contributed by atoms with Gasteiger partial charge < -0.3 is 20.3 Å². The second-order valence-corrected chi connectivity index (χ2v) is 9.75. The van der Waals surface area contributed by atoms with Gasteiger partial charge in [-0.25, -0.2) is 4.79 Å². The first-order valence-electron chi connectivity index (χ1n) is 12.2. The number of nitrogens with one attached hydrogen (secondary N) is 1. The number of rotatable bonds is 6. The maximum absolute atomic E-state index is 12.1. The fourth-order valence-electron chi connectivity index (χ4n) is 5.69. The number of anilines is 1. The third-order valence-corrected chi connectivity index (χ3v) is 7.71. The minimum absolute atomic E-state index is 0.00116. The molecule has 2 saturated heterocycles. The van der Waals surface area contributed by atoms with E-state index in [9.17, 15) is 14.7 Å². The molecule has 1 aromatic heterocycles. The first-order chi connectivity index (χ1) is 16.4. The van der Waals surface area contributed by atoms with E-state index in [4.69, 9.17) is 5.41 Å². The van der Waals surface area contributed by atoms with E-state index in [1.165, 1.54) is 0 Å². The number of amides is 1. The van der Waals surface area contributed by atoms with E-state index in [1.807, 2.05) is 40.5 Å². The van der Waals surface area contributed by atoms with E-state index in [0.29, 0.717) is 17.4 Å². The van der Waals surface area contributed by atoms with Crippen LogP contribution in [-0.2, 0) is 4.79 Å². The van der Waals surface area contributed by atoms with Crippen molar-refractivity contribution in [1.29, 1.82) is 5.41 Å². The Kier molecular flexibility index (Phi) is 6.08. The molecule has 178 valence electrons. The Morgan fingerprint density at radius 1 is 1.12 bits per heavy atom. The third kappa shape index (κ3) is 4.18. The number of para-hydroxylation sites is 1. The zero-order chi connectivity index (χ0) is 23.8. The largest absolute Gasteiger partial charge is 0.477 e. The average Bonchev–Trinajstić information content (AvgIpc) is 3.21. The Bertz CT molecular complexity index is 1110. The van der Waals surface area contributed by atoms with Crippen molar-refractivity contribution in [2.45, 2.75) is 45.1 Å². The van der Waals surface area contributed by atoms with Gasteiger partial charge in [-0.1, -0.05) is 24.6 Å². The summed E-state index contributed by atoms with van der Waals surface area (Å²) in [7, 11) is 0. The minimum atomic E-state index is -1.07. The molecule has 8 nitrogen and oxygen atoms in total. The Balaban J connectivity index is 1.55. The van der Waals surface area contributed by atoms with Crippen LogP contribution in [0.3, 0.4) is 0 Å². The number of pyridine rings is 1. The molecule has 1 amide bonds. The lowest BCUT2D eigenvalue weighted by atomic mass is 9.78. The van der Waals surface area contributed by atoms with Crippen LogP contribution in [0.1, 0.15) is 55.1 Å². The van der Waals surface area contributed by atoms with Crippen molar-refractivity contribution in [2.24, 2.45) is 11.8 Å². The molecule has 2 aliphatic heterocycles. The molecule has 1 saturated carbocycles. The molecule has 34 heavy (non-hydrogen) atoms. The summed E-state index contributed by atoms with van der Waals surface area (Å²) >= 11 is 0. The van der Waals surface area contributed by atoms with Crippen molar-refractivity contribution in [3.05, 3.63) is 47.7 Å². The van der Waals surface area contributed by atoms with Crippen LogP contribution in [0.25, 0.3) is 0 Å². The zero-order valence-corrected chi connectivity index (χ0v) is 19.5. The minimum Gasteiger partial charge on any atom is -0.477 e. The van der Waals surface area contributed by atoms with E-state index in [1.54, 1.807) is 13.0 Å². The fourth-order valence-corrected chi connectivity index (χ4v) is 5.69. The highest BCUT2D eigenvalue weighted by Crippen LogP contribution is 2.39. The normalized spacial score (nSPS) is 22.3. The van der Waals surface area contributed by atoms with Gasteiger partial charge in [-0.3, -0.25) is 10.1 Å². The number of piperidine rings is 1. The summed E-state index contributed by atoms with van der Waals surface area (Å²) in [6.45, 7) is 3.91. The second kappa shape index (κ2) is 9.18. The highest BCUT2D eigenvalue weighted by atomic mass is 16.4. The summed E-state index contributed by atoms with van der Waals surface area (Å²) in [5, 5.41) is 20.8. The van der Waals surface area contributed by atoms with Crippen LogP contribution in [0.4, 0.5) is 17.2 Å². The molecule has 2 atom stereocenters. The number of carboxylic acid groups (broad SMARTS) is 1. The Morgan fingerprint density at radius 3 is 2.53 bits per heavy atom. The SMILES string of the molecule is CC(=O)N1CC[C@@H]2CN(c3cc(C(=O)O)nc([NH2+]c4ccccc4)c3C(=N)C3CCC3)CC[C@@H]21.